The number of nitrogens with zero attached hydrogens (tertiary/aromatic N) is 1. The van der Waals surface area contributed by atoms with E-state index in [1.807, 2.05) is 0 Å². The smallest absolute Gasteiger partial charge is 0.313 e. The Labute approximate surface area is 93.4 Å². The normalized spacial score (nSPS) is 19.2. The van der Waals surface area contributed by atoms with E-state index in [0.29, 0.717) is 18.6 Å². The van der Waals surface area contributed by atoms with Gasteiger partial charge in [-0.05, 0) is 26.2 Å². The van der Waals surface area contributed by atoms with Crippen LogP contribution in [-0.2, 0) is 23.0 Å². The zero-order chi connectivity index (χ0) is 11.7. The molecule has 1 aromatic rings. The first-order valence-electron chi connectivity index (χ1n) is 5.59. The fourth-order valence-electron chi connectivity index (χ4n) is 2.28. The fourth-order valence-corrected chi connectivity index (χ4v) is 2.28. The molecule has 1 aliphatic carbocycles. The highest BCUT2D eigenvalue weighted by Gasteiger charge is 2.32. The molecule has 1 N–H and O–H groups in total. The lowest BCUT2D eigenvalue weighted by atomic mass is 9.87. The number of esters is 1. The van der Waals surface area contributed by atoms with Crippen molar-refractivity contribution in [1.29, 1.82) is 0 Å². The van der Waals surface area contributed by atoms with Crippen LogP contribution in [0.5, 0.6) is 0 Å². The minimum atomic E-state index is -0.381. The Morgan fingerprint density at radius 3 is 3.06 bits per heavy atom. The lowest BCUT2D eigenvalue weighted by molar-refractivity contribution is -0.145. The van der Waals surface area contributed by atoms with Crippen LogP contribution in [0, 0.1) is 0 Å². The summed E-state index contributed by atoms with van der Waals surface area (Å²) in [6, 6.07) is 0. The van der Waals surface area contributed by atoms with E-state index in [4.69, 9.17) is 4.74 Å². The average Bonchev–Trinajstić information content (AvgIpc) is 2.55. The molecular weight excluding hydrogens is 208 g/mol. The number of H-pyrrole nitrogens is 1. The second kappa shape index (κ2) is 4.15. The van der Waals surface area contributed by atoms with Crippen LogP contribution in [0.25, 0.3) is 0 Å². The van der Waals surface area contributed by atoms with Crippen LogP contribution < -0.4 is 5.56 Å². The molecule has 1 unspecified atom stereocenters. The van der Waals surface area contributed by atoms with Crippen LogP contribution in [0.4, 0.5) is 0 Å². The van der Waals surface area contributed by atoms with E-state index >= 15 is 0 Å². The Morgan fingerprint density at radius 2 is 2.38 bits per heavy atom. The first-order chi connectivity index (χ1) is 7.65. The molecule has 1 atom stereocenters. The van der Waals surface area contributed by atoms with Gasteiger partial charge < -0.3 is 4.74 Å². The molecule has 0 spiro atoms. The number of aromatic amines is 1. The third-order valence-corrected chi connectivity index (χ3v) is 3.00. The Morgan fingerprint density at radius 1 is 1.62 bits per heavy atom. The molecule has 0 bridgehead atoms. The molecule has 0 aromatic carbocycles. The third kappa shape index (κ3) is 1.66. The number of ether oxygens (including phenoxy) is 1. The van der Waals surface area contributed by atoms with Crippen LogP contribution in [0.1, 0.15) is 36.9 Å². The predicted octanol–water partition coefficient (Wildman–Crippen LogP) is 0.696. The highest BCUT2D eigenvalue weighted by molar-refractivity contribution is 5.78. The van der Waals surface area contributed by atoms with E-state index in [-0.39, 0.29) is 17.4 Å². The third-order valence-electron chi connectivity index (χ3n) is 3.00. The Hall–Kier alpha value is -1.52. The summed E-state index contributed by atoms with van der Waals surface area (Å²) in [5.74, 6) is -0.659. The molecule has 0 radical (unpaired) electrons. The Balaban J connectivity index is 2.39. The van der Waals surface area contributed by atoms with Crippen LogP contribution in [0.3, 0.4) is 0 Å². The van der Waals surface area contributed by atoms with Gasteiger partial charge in [-0.25, -0.2) is 0 Å². The zero-order valence-electron chi connectivity index (χ0n) is 9.58. The molecule has 1 heterocycles. The van der Waals surface area contributed by atoms with Crippen molar-refractivity contribution < 1.29 is 9.53 Å². The number of nitrogens with one attached hydrogen (secondary N) is 1. The number of hydrogen-bond donors (Lipinski definition) is 1. The molecule has 5 nitrogen and oxygen atoms in total. The number of aromatic nitrogens is 2. The van der Waals surface area contributed by atoms with Crippen molar-refractivity contribution in [2.24, 2.45) is 7.05 Å². The van der Waals surface area contributed by atoms with E-state index in [1.54, 1.807) is 14.0 Å². The second-order valence-corrected chi connectivity index (χ2v) is 4.07. The van der Waals surface area contributed by atoms with Crippen LogP contribution in [0.2, 0.25) is 0 Å². The monoisotopic (exact) mass is 224 g/mol. The maximum atomic E-state index is 11.9. The standard InChI is InChI=1S/C11H16N2O3/c1-3-16-11(15)7-5-4-6-8-9(7)10(14)13(2)12-8/h7,12H,3-6H2,1-2H3. The maximum Gasteiger partial charge on any atom is 0.313 e. The highest BCUT2D eigenvalue weighted by atomic mass is 16.5. The van der Waals surface area contributed by atoms with E-state index in [1.165, 1.54) is 4.68 Å². The van der Waals surface area contributed by atoms with E-state index in [9.17, 15) is 9.59 Å². The Kier molecular flexibility index (Phi) is 2.85. The number of fused-ring (bicyclic) bond motifs is 1. The molecule has 5 heteroatoms. The van der Waals surface area contributed by atoms with Gasteiger partial charge in [0.25, 0.3) is 5.56 Å². The van der Waals surface area contributed by atoms with Crippen molar-refractivity contribution in [3.63, 3.8) is 0 Å². The molecule has 0 saturated carbocycles. The minimum absolute atomic E-state index is 0.104. The van der Waals surface area contributed by atoms with E-state index in [2.05, 4.69) is 5.10 Å². The van der Waals surface area contributed by atoms with Crippen LogP contribution >= 0.6 is 0 Å². The quantitative estimate of drug-likeness (QED) is 0.752. The van der Waals surface area contributed by atoms with Crippen molar-refractivity contribution in [2.45, 2.75) is 32.1 Å². The van der Waals surface area contributed by atoms with Gasteiger partial charge in [-0.15, -0.1) is 0 Å². The molecule has 2 rings (SSSR count). The lowest BCUT2D eigenvalue weighted by Crippen LogP contribution is -2.26. The van der Waals surface area contributed by atoms with Crippen molar-refractivity contribution >= 4 is 5.97 Å². The van der Waals surface area contributed by atoms with Gasteiger partial charge in [-0.1, -0.05) is 0 Å². The molecule has 0 fully saturated rings. The van der Waals surface area contributed by atoms with Crippen molar-refractivity contribution in [1.82, 2.24) is 9.78 Å². The van der Waals surface area contributed by atoms with Crippen molar-refractivity contribution in [2.75, 3.05) is 6.61 Å². The summed E-state index contributed by atoms with van der Waals surface area (Å²) in [6.07, 6.45) is 2.46. The van der Waals surface area contributed by atoms with Gasteiger partial charge in [0.2, 0.25) is 0 Å². The summed E-state index contributed by atoms with van der Waals surface area (Å²) in [7, 11) is 1.67. The maximum absolute atomic E-state index is 11.9. The lowest BCUT2D eigenvalue weighted by Gasteiger charge is -2.19. The molecule has 0 saturated heterocycles. The summed E-state index contributed by atoms with van der Waals surface area (Å²) < 4.78 is 6.43. The van der Waals surface area contributed by atoms with E-state index in [0.717, 1.165) is 18.5 Å². The number of carbonyl (C=O) groups is 1. The number of aryl methyl sites for hydroxylation is 2. The van der Waals surface area contributed by atoms with E-state index < -0.39 is 0 Å². The minimum Gasteiger partial charge on any atom is -0.466 e. The summed E-state index contributed by atoms with van der Waals surface area (Å²) in [4.78, 5) is 23.6. The number of hydrogen-bond acceptors (Lipinski definition) is 3. The predicted molar refractivity (Wildman–Crippen MR) is 58.3 cm³/mol. The summed E-state index contributed by atoms with van der Waals surface area (Å²) in [6.45, 7) is 2.13. The second-order valence-electron chi connectivity index (χ2n) is 4.07. The molecule has 1 aliphatic rings. The van der Waals surface area contributed by atoms with Gasteiger partial charge in [0, 0.05) is 12.7 Å². The van der Waals surface area contributed by atoms with Gasteiger partial charge in [-0.2, -0.15) is 0 Å². The van der Waals surface area contributed by atoms with Gasteiger partial charge in [-0.3, -0.25) is 19.4 Å². The first kappa shape index (κ1) is 11.0. The molecule has 0 amide bonds. The topological polar surface area (TPSA) is 64.1 Å². The van der Waals surface area contributed by atoms with Crippen molar-refractivity contribution in [3.8, 4) is 0 Å². The van der Waals surface area contributed by atoms with Crippen molar-refractivity contribution in [3.05, 3.63) is 21.6 Å². The van der Waals surface area contributed by atoms with Crippen LogP contribution in [0.15, 0.2) is 4.79 Å². The molecule has 88 valence electrons. The van der Waals surface area contributed by atoms with Crippen LogP contribution in [-0.4, -0.2) is 22.4 Å². The number of carbonyl (C=O) groups excluding carboxylic acids is 1. The SMILES string of the molecule is CCOC(=O)C1CCCc2[nH]n(C)c(=O)c21. The van der Waals surface area contributed by atoms with Gasteiger partial charge in [0.1, 0.15) is 0 Å². The molecular formula is C11H16N2O3. The molecule has 0 aliphatic heterocycles. The number of rotatable bonds is 2. The zero-order valence-corrected chi connectivity index (χ0v) is 9.58. The summed E-state index contributed by atoms with van der Waals surface area (Å²) >= 11 is 0. The van der Waals surface area contributed by atoms with Gasteiger partial charge in [0.05, 0.1) is 18.1 Å². The first-order valence-corrected chi connectivity index (χ1v) is 5.59. The fraction of sp³-hybridized carbons (Fsp3) is 0.636. The van der Waals surface area contributed by atoms with Gasteiger partial charge >= 0.3 is 5.97 Å². The summed E-state index contributed by atoms with van der Waals surface area (Å²) in [5, 5.41) is 2.99. The molecule has 1 aromatic heterocycles. The average molecular weight is 224 g/mol. The molecule has 16 heavy (non-hydrogen) atoms. The largest absolute Gasteiger partial charge is 0.466 e. The highest BCUT2D eigenvalue weighted by Crippen LogP contribution is 2.29. The van der Waals surface area contributed by atoms with Gasteiger partial charge in [0.15, 0.2) is 0 Å². The Bertz CT molecular complexity index is 458. The summed E-state index contributed by atoms with van der Waals surface area (Å²) in [5.41, 5.74) is 1.39.